The smallest absolute Gasteiger partial charge is 0.202 e. The highest BCUT2D eigenvalue weighted by molar-refractivity contribution is 5.78. The third-order valence-electron chi connectivity index (χ3n) is 5.74. The quantitative estimate of drug-likeness (QED) is 0.354. The van der Waals surface area contributed by atoms with Gasteiger partial charge in [-0.2, -0.15) is 5.10 Å². The second-order valence-corrected chi connectivity index (χ2v) is 8.12. The van der Waals surface area contributed by atoms with Crippen LogP contribution < -0.4 is 19.9 Å². The number of methoxy groups -OCH3 is 2. The fourth-order valence-corrected chi connectivity index (χ4v) is 3.88. The first-order valence-corrected chi connectivity index (χ1v) is 11.1. The lowest BCUT2D eigenvalue weighted by Gasteiger charge is -2.13. The highest BCUT2D eigenvalue weighted by Crippen LogP contribution is 2.30. The molecule has 3 heterocycles. The molecule has 5 aromatic rings. The zero-order chi connectivity index (χ0) is 24.4. The molecular formula is C26H28N6O4. The Labute approximate surface area is 208 Å². The van der Waals surface area contributed by atoms with Crippen LogP contribution in [0.3, 0.4) is 0 Å². The second kappa shape index (κ2) is 10.4. The SMILES string of the molecule is COc1ccc(COc2ccc(Cn3c(N)nc4ccc(-c5cnn(C)c5)nc43)cc2OC)cc1.O. The Balaban J connectivity index is 0.00000304. The van der Waals surface area contributed by atoms with E-state index in [9.17, 15) is 0 Å². The minimum atomic E-state index is 0. The highest BCUT2D eigenvalue weighted by Gasteiger charge is 2.14. The van der Waals surface area contributed by atoms with E-state index < -0.39 is 0 Å². The van der Waals surface area contributed by atoms with Crippen LogP contribution in [0, 0.1) is 0 Å². The van der Waals surface area contributed by atoms with Gasteiger partial charge in [0.05, 0.1) is 32.7 Å². The van der Waals surface area contributed by atoms with Gasteiger partial charge in [-0.25, -0.2) is 9.97 Å². The predicted octanol–water partition coefficient (Wildman–Crippen LogP) is 3.23. The number of nitrogens with two attached hydrogens (primary N) is 1. The summed E-state index contributed by atoms with van der Waals surface area (Å²) in [5.41, 5.74) is 11.5. The molecule has 0 aliphatic rings. The van der Waals surface area contributed by atoms with Gasteiger partial charge in [0, 0.05) is 18.8 Å². The van der Waals surface area contributed by atoms with Crippen molar-refractivity contribution in [2.45, 2.75) is 13.2 Å². The van der Waals surface area contributed by atoms with E-state index in [1.54, 1.807) is 25.1 Å². The first-order chi connectivity index (χ1) is 17.0. The van der Waals surface area contributed by atoms with Crippen molar-refractivity contribution >= 4 is 17.1 Å². The van der Waals surface area contributed by atoms with Crippen LogP contribution in [-0.4, -0.2) is 44.0 Å². The van der Waals surface area contributed by atoms with E-state index in [2.05, 4.69) is 10.1 Å². The molecule has 0 amide bonds. The summed E-state index contributed by atoms with van der Waals surface area (Å²) in [7, 11) is 5.15. The van der Waals surface area contributed by atoms with E-state index in [1.807, 2.05) is 72.4 Å². The number of ether oxygens (including phenoxy) is 3. The molecule has 0 radical (unpaired) electrons. The topological polar surface area (TPSA) is 134 Å². The highest BCUT2D eigenvalue weighted by atomic mass is 16.5. The van der Waals surface area contributed by atoms with Crippen LogP contribution in [0.15, 0.2) is 67.0 Å². The van der Waals surface area contributed by atoms with Gasteiger partial charge in [0.15, 0.2) is 17.1 Å². The molecule has 36 heavy (non-hydrogen) atoms. The van der Waals surface area contributed by atoms with Crippen molar-refractivity contribution in [1.29, 1.82) is 0 Å². The normalized spacial score (nSPS) is 10.8. The maximum absolute atomic E-state index is 6.26. The van der Waals surface area contributed by atoms with Gasteiger partial charge in [-0.15, -0.1) is 0 Å². The minimum Gasteiger partial charge on any atom is -0.497 e. The summed E-state index contributed by atoms with van der Waals surface area (Å²) >= 11 is 0. The van der Waals surface area contributed by atoms with Crippen LogP contribution >= 0.6 is 0 Å². The molecule has 0 atom stereocenters. The van der Waals surface area contributed by atoms with E-state index in [1.165, 1.54) is 0 Å². The summed E-state index contributed by atoms with van der Waals surface area (Å²) in [6, 6.07) is 17.4. The number of aromatic nitrogens is 5. The first kappa shape index (κ1) is 24.6. The molecule has 4 N–H and O–H groups in total. The zero-order valence-electron chi connectivity index (χ0n) is 20.3. The van der Waals surface area contributed by atoms with Gasteiger partial charge >= 0.3 is 0 Å². The molecule has 0 aliphatic carbocycles. The molecule has 0 spiro atoms. The van der Waals surface area contributed by atoms with Crippen LogP contribution in [-0.2, 0) is 20.2 Å². The van der Waals surface area contributed by atoms with Crippen molar-refractivity contribution < 1.29 is 19.7 Å². The summed E-state index contributed by atoms with van der Waals surface area (Å²) in [5.74, 6) is 2.51. The molecule has 0 aliphatic heterocycles. The van der Waals surface area contributed by atoms with E-state index in [4.69, 9.17) is 24.9 Å². The number of aryl methyl sites for hydroxylation is 1. The summed E-state index contributed by atoms with van der Waals surface area (Å²) in [6.45, 7) is 0.904. The number of hydrogen-bond acceptors (Lipinski definition) is 7. The van der Waals surface area contributed by atoms with Crippen molar-refractivity contribution in [3.05, 3.63) is 78.1 Å². The maximum Gasteiger partial charge on any atom is 0.202 e. The van der Waals surface area contributed by atoms with Gasteiger partial charge in [0.1, 0.15) is 17.9 Å². The van der Waals surface area contributed by atoms with Crippen molar-refractivity contribution in [2.75, 3.05) is 20.0 Å². The predicted molar refractivity (Wildman–Crippen MR) is 137 cm³/mol. The number of nitrogen functional groups attached to an aromatic ring is 1. The Kier molecular flexibility index (Phi) is 7.07. The molecule has 0 fully saturated rings. The Morgan fingerprint density at radius 1 is 0.889 bits per heavy atom. The molecule has 186 valence electrons. The number of imidazole rings is 1. The summed E-state index contributed by atoms with van der Waals surface area (Å²) in [5, 5.41) is 4.24. The molecule has 0 saturated carbocycles. The number of benzene rings is 2. The Bertz CT molecular complexity index is 1480. The molecular weight excluding hydrogens is 460 g/mol. The van der Waals surface area contributed by atoms with Crippen molar-refractivity contribution in [1.82, 2.24) is 24.3 Å². The monoisotopic (exact) mass is 488 g/mol. The fraction of sp³-hybridized carbons (Fsp3) is 0.192. The lowest BCUT2D eigenvalue weighted by atomic mass is 10.2. The standard InChI is InChI=1S/C26H26N6O3.H2O/c1-31-15-19(13-28-31)21-9-10-22-25(29-21)32(26(27)30-22)14-18-6-11-23(24(12-18)34-3)35-16-17-4-7-20(33-2)8-5-17;/h4-13,15H,14,16H2,1-3H3,(H2,27,30);1H2. The van der Waals surface area contributed by atoms with Crippen LogP contribution in [0.4, 0.5) is 5.95 Å². The van der Waals surface area contributed by atoms with Crippen molar-refractivity contribution in [3.8, 4) is 28.5 Å². The third-order valence-corrected chi connectivity index (χ3v) is 5.74. The van der Waals surface area contributed by atoms with E-state index in [0.717, 1.165) is 33.7 Å². The fourth-order valence-electron chi connectivity index (χ4n) is 3.88. The average molecular weight is 489 g/mol. The van der Waals surface area contributed by atoms with Crippen LogP contribution in [0.1, 0.15) is 11.1 Å². The lowest BCUT2D eigenvalue weighted by Crippen LogP contribution is -2.06. The van der Waals surface area contributed by atoms with Crippen LogP contribution in [0.25, 0.3) is 22.4 Å². The van der Waals surface area contributed by atoms with Gasteiger partial charge in [-0.1, -0.05) is 18.2 Å². The van der Waals surface area contributed by atoms with E-state index in [0.29, 0.717) is 36.2 Å². The average Bonchev–Trinajstić information content (AvgIpc) is 3.45. The molecule has 2 aromatic carbocycles. The molecule has 10 heteroatoms. The summed E-state index contributed by atoms with van der Waals surface area (Å²) in [6.07, 6.45) is 3.71. The number of fused-ring (bicyclic) bond motifs is 1. The molecule has 3 aromatic heterocycles. The van der Waals surface area contributed by atoms with Gasteiger partial charge < -0.3 is 25.4 Å². The molecule has 0 saturated heterocycles. The molecule has 10 nitrogen and oxygen atoms in total. The van der Waals surface area contributed by atoms with E-state index in [-0.39, 0.29) is 5.48 Å². The van der Waals surface area contributed by atoms with Crippen molar-refractivity contribution in [3.63, 3.8) is 0 Å². The molecule has 0 bridgehead atoms. The van der Waals surface area contributed by atoms with E-state index >= 15 is 0 Å². The Morgan fingerprint density at radius 2 is 1.67 bits per heavy atom. The van der Waals surface area contributed by atoms with Gasteiger partial charge in [-0.05, 0) is 47.5 Å². The largest absolute Gasteiger partial charge is 0.497 e. The minimum absolute atomic E-state index is 0. The molecule has 0 unspecified atom stereocenters. The maximum atomic E-state index is 6.26. The number of nitrogens with zero attached hydrogens (tertiary/aromatic N) is 5. The Hall–Kier alpha value is -4.57. The summed E-state index contributed by atoms with van der Waals surface area (Å²) < 4.78 is 20.5. The van der Waals surface area contributed by atoms with Gasteiger partial charge in [0.2, 0.25) is 5.95 Å². The lowest BCUT2D eigenvalue weighted by molar-refractivity contribution is 0.284. The van der Waals surface area contributed by atoms with Crippen LogP contribution in [0.5, 0.6) is 17.2 Å². The number of anilines is 1. The number of hydrogen-bond donors (Lipinski definition) is 1. The van der Waals surface area contributed by atoms with Crippen LogP contribution in [0.2, 0.25) is 0 Å². The zero-order valence-corrected chi connectivity index (χ0v) is 20.3. The summed E-state index contributed by atoms with van der Waals surface area (Å²) in [4.78, 5) is 9.29. The number of rotatable bonds is 8. The van der Waals surface area contributed by atoms with Crippen molar-refractivity contribution in [2.24, 2.45) is 7.05 Å². The van der Waals surface area contributed by atoms with Gasteiger partial charge in [-0.3, -0.25) is 9.25 Å². The Morgan fingerprint density at radius 3 is 2.36 bits per heavy atom. The second-order valence-electron chi connectivity index (χ2n) is 8.12. The number of pyridine rings is 1. The third kappa shape index (κ3) is 4.93. The van der Waals surface area contributed by atoms with Gasteiger partial charge in [0.25, 0.3) is 0 Å². The first-order valence-electron chi connectivity index (χ1n) is 11.1. The molecule has 5 rings (SSSR count).